The lowest BCUT2D eigenvalue weighted by molar-refractivity contribution is -0.115. The summed E-state index contributed by atoms with van der Waals surface area (Å²) in [6.07, 6.45) is 1.43. The summed E-state index contributed by atoms with van der Waals surface area (Å²) < 4.78 is 0. The number of aromatic nitrogens is 2. The van der Waals surface area contributed by atoms with Crippen molar-refractivity contribution in [1.82, 2.24) is 15.5 Å². The third kappa shape index (κ3) is 1.63. The maximum Gasteiger partial charge on any atom is 0.225 e. The second-order valence-electron chi connectivity index (χ2n) is 3.36. The van der Waals surface area contributed by atoms with E-state index in [9.17, 15) is 4.79 Å². The number of hydrogen-bond donors (Lipinski definition) is 3. The van der Waals surface area contributed by atoms with E-state index in [-0.39, 0.29) is 5.91 Å². The van der Waals surface area contributed by atoms with Crippen molar-refractivity contribution in [2.24, 2.45) is 0 Å². The van der Waals surface area contributed by atoms with Gasteiger partial charge in [0.05, 0.1) is 0 Å². The van der Waals surface area contributed by atoms with Crippen molar-refractivity contribution in [3.05, 3.63) is 11.3 Å². The third-order valence-electron chi connectivity index (χ3n) is 2.39. The lowest BCUT2D eigenvalue weighted by Gasteiger charge is -2.12. The zero-order chi connectivity index (χ0) is 9.97. The monoisotopic (exact) mass is 194 g/mol. The molecule has 1 aromatic rings. The first-order valence-electron chi connectivity index (χ1n) is 4.88. The number of anilines is 1. The van der Waals surface area contributed by atoms with Gasteiger partial charge >= 0.3 is 0 Å². The molecule has 0 bridgehead atoms. The van der Waals surface area contributed by atoms with Crippen molar-refractivity contribution >= 4 is 11.7 Å². The van der Waals surface area contributed by atoms with Crippen LogP contribution in [0.4, 0.5) is 5.82 Å². The van der Waals surface area contributed by atoms with E-state index in [1.807, 2.05) is 6.92 Å². The zero-order valence-electron chi connectivity index (χ0n) is 8.18. The van der Waals surface area contributed by atoms with E-state index in [0.29, 0.717) is 12.2 Å². The highest BCUT2D eigenvalue weighted by atomic mass is 16.1. The first kappa shape index (κ1) is 9.21. The summed E-state index contributed by atoms with van der Waals surface area (Å²) in [5.74, 6) is 0.684. The van der Waals surface area contributed by atoms with E-state index >= 15 is 0 Å². The summed E-state index contributed by atoms with van der Waals surface area (Å²) in [7, 11) is 0. The van der Waals surface area contributed by atoms with E-state index in [1.165, 1.54) is 0 Å². The predicted molar refractivity (Wildman–Crippen MR) is 52.9 cm³/mol. The van der Waals surface area contributed by atoms with Gasteiger partial charge in [0.15, 0.2) is 5.82 Å². The summed E-state index contributed by atoms with van der Waals surface area (Å²) >= 11 is 0. The molecule has 0 aromatic carbocycles. The Labute approximate surface area is 82.3 Å². The summed E-state index contributed by atoms with van der Waals surface area (Å²) in [6, 6.07) is 0. The minimum atomic E-state index is 0.00451. The Morgan fingerprint density at radius 1 is 1.64 bits per heavy atom. The van der Waals surface area contributed by atoms with Gasteiger partial charge in [-0.15, -0.1) is 0 Å². The Hall–Kier alpha value is -1.36. The predicted octanol–water partition coefficient (Wildman–Crippen LogP) is 0.404. The SMILES string of the molecule is CCC(=O)Nc1n[nH]c2c1CNCC2. The fraction of sp³-hybridized carbons (Fsp3) is 0.556. The summed E-state index contributed by atoms with van der Waals surface area (Å²) in [5, 5.41) is 13.1. The number of aromatic amines is 1. The van der Waals surface area contributed by atoms with Gasteiger partial charge in [-0.05, 0) is 0 Å². The van der Waals surface area contributed by atoms with Crippen molar-refractivity contribution in [2.45, 2.75) is 26.3 Å². The van der Waals surface area contributed by atoms with Gasteiger partial charge < -0.3 is 10.6 Å². The number of amides is 1. The first-order chi connectivity index (χ1) is 6.81. The fourth-order valence-corrected chi connectivity index (χ4v) is 1.55. The number of carbonyl (C=O) groups is 1. The highest BCUT2D eigenvalue weighted by Crippen LogP contribution is 2.19. The molecule has 1 aliphatic heterocycles. The van der Waals surface area contributed by atoms with Crippen LogP contribution in [0.1, 0.15) is 24.6 Å². The number of hydrogen-bond acceptors (Lipinski definition) is 3. The van der Waals surface area contributed by atoms with Crippen LogP contribution in [0.3, 0.4) is 0 Å². The Bertz CT molecular complexity index is 345. The minimum Gasteiger partial charge on any atom is -0.312 e. The quantitative estimate of drug-likeness (QED) is 0.638. The minimum absolute atomic E-state index is 0.00451. The van der Waals surface area contributed by atoms with Crippen LogP contribution in [0.15, 0.2) is 0 Å². The number of H-pyrrole nitrogens is 1. The molecule has 0 saturated heterocycles. The third-order valence-corrected chi connectivity index (χ3v) is 2.39. The molecule has 3 N–H and O–H groups in total. The molecule has 1 amide bonds. The molecular weight excluding hydrogens is 180 g/mol. The van der Waals surface area contributed by atoms with Crippen LogP contribution in [0.25, 0.3) is 0 Å². The molecule has 0 saturated carbocycles. The highest BCUT2D eigenvalue weighted by molar-refractivity contribution is 5.90. The van der Waals surface area contributed by atoms with Gasteiger partial charge in [-0.2, -0.15) is 5.10 Å². The van der Waals surface area contributed by atoms with Gasteiger partial charge in [0.25, 0.3) is 0 Å². The number of nitrogens with zero attached hydrogens (tertiary/aromatic N) is 1. The fourth-order valence-electron chi connectivity index (χ4n) is 1.55. The van der Waals surface area contributed by atoms with Gasteiger partial charge in [-0.25, -0.2) is 0 Å². The summed E-state index contributed by atoms with van der Waals surface area (Å²) in [6.45, 7) is 3.58. The molecule has 5 nitrogen and oxygen atoms in total. The van der Waals surface area contributed by atoms with Crippen LogP contribution in [0.5, 0.6) is 0 Å². The van der Waals surface area contributed by atoms with Crippen molar-refractivity contribution < 1.29 is 4.79 Å². The average molecular weight is 194 g/mol. The molecule has 5 heteroatoms. The van der Waals surface area contributed by atoms with Gasteiger partial charge in [-0.3, -0.25) is 9.89 Å². The Morgan fingerprint density at radius 3 is 3.29 bits per heavy atom. The lowest BCUT2D eigenvalue weighted by atomic mass is 10.1. The van der Waals surface area contributed by atoms with E-state index in [2.05, 4.69) is 20.8 Å². The summed E-state index contributed by atoms with van der Waals surface area (Å²) in [4.78, 5) is 11.2. The van der Waals surface area contributed by atoms with Crippen LogP contribution >= 0.6 is 0 Å². The summed E-state index contributed by atoms with van der Waals surface area (Å²) in [5.41, 5.74) is 2.23. The molecule has 0 radical (unpaired) electrons. The Balaban J connectivity index is 2.18. The molecule has 1 aromatic heterocycles. The maximum absolute atomic E-state index is 11.2. The normalized spacial score (nSPS) is 14.9. The second kappa shape index (κ2) is 3.79. The molecule has 0 unspecified atom stereocenters. The van der Waals surface area contributed by atoms with Crippen LogP contribution in [0, 0.1) is 0 Å². The molecule has 1 aliphatic rings. The number of nitrogens with one attached hydrogen (secondary N) is 3. The second-order valence-corrected chi connectivity index (χ2v) is 3.36. The molecule has 0 fully saturated rings. The van der Waals surface area contributed by atoms with Crippen molar-refractivity contribution in [2.75, 3.05) is 11.9 Å². The first-order valence-corrected chi connectivity index (χ1v) is 4.88. The number of carbonyl (C=O) groups excluding carboxylic acids is 1. The van der Waals surface area contributed by atoms with Crippen LogP contribution in [-0.2, 0) is 17.8 Å². The molecule has 76 valence electrons. The average Bonchev–Trinajstić information content (AvgIpc) is 2.62. The molecule has 0 spiro atoms. The molecule has 2 heterocycles. The van der Waals surface area contributed by atoms with Crippen LogP contribution in [0.2, 0.25) is 0 Å². The van der Waals surface area contributed by atoms with Gasteiger partial charge in [-0.1, -0.05) is 6.92 Å². The van der Waals surface area contributed by atoms with E-state index in [0.717, 1.165) is 30.8 Å². The Kier molecular flexibility index (Phi) is 2.49. The van der Waals surface area contributed by atoms with Crippen molar-refractivity contribution in [3.8, 4) is 0 Å². The standard InChI is InChI=1S/C9H14N4O/c1-2-8(14)11-9-6-5-10-4-3-7(6)12-13-9/h10H,2-5H2,1H3,(H2,11,12,13,14). The topological polar surface area (TPSA) is 69.8 Å². The molecule has 0 aliphatic carbocycles. The largest absolute Gasteiger partial charge is 0.312 e. The Morgan fingerprint density at radius 2 is 2.50 bits per heavy atom. The lowest BCUT2D eigenvalue weighted by Crippen LogP contribution is -2.24. The van der Waals surface area contributed by atoms with Crippen LogP contribution < -0.4 is 10.6 Å². The van der Waals surface area contributed by atoms with Gasteiger partial charge in [0, 0.05) is 37.2 Å². The van der Waals surface area contributed by atoms with Crippen molar-refractivity contribution in [3.63, 3.8) is 0 Å². The van der Waals surface area contributed by atoms with Crippen LogP contribution in [-0.4, -0.2) is 22.6 Å². The number of rotatable bonds is 2. The maximum atomic E-state index is 11.2. The highest BCUT2D eigenvalue weighted by Gasteiger charge is 2.17. The van der Waals surface area contributed by atoms with E-state index in [1.54, 1.807) is 0 Å². The molecular formula is C9H14N4O. The molecule has 0 atom stereocenters. The van der Waals surface area contributed by atoms with Gasteiger partial charge in [0.2, 0.25) is 5.91 Å². The van der Waals surface area contributed by atoms with E-state index < -0.39 is 0 Å². The van der Waals surface area contributed by atoms with Gasteiger partial charge in [0.1, 0.15) is 0 Å². The smallest absolute Gasteiger partial charge is 0.225 e. The van der Waals surface area contributed by atoms with Crippen molar-refractivity contribution in [1.29, 1.82) is 0 Å². The zero-order valence-corrected chi connectivity index (χ0v) is 8.18. The molecule has 14 heavy (non-hydrogen) atoms. The van der Waals surface area contributed by atoms with E-state index in [4.69, 9.17) is 0 Å². The number of fused-ring (bicyclic) bond motifs is 1. The molecule has 2 rings (SSSR count).